The summed E-state index contributed by atoms with van der Waals surface area (Å²) >= 11 is 1.44. The highest BCUT2D eigenvalue weighted by Gasteiger charge is 2.40. The van der Waals surface area contributed by atoms with Crippen molar-refractivity contribution in [2.45, 2.75) is 50.8 Å². The van der Waals surface area contributed by atoms with Crippen LogP contribution in [-0.2, 0) is 17.9 Å². The fourth-order valence-electron chi connectivity index (χ4n) is 6.42. The summed E-state index contributed by atoms with van der Waals surface area (Å²) < 4.78 is 1.52. The average molecular weight is 557 g/mol. The maximum Gasteiger partial charge on any atom is 0.262 e. The van der Waals surface area contributed by atoms with Gasteiger partial charge in [-0.05, 0) is 55.3 Å². The molecule has 2 aromatic carbocycles. The second-order valence-corrected chi connectivity index (χ2v) is 12.4. The normalized spacial score (nSPS) is 21.5. The number of hydrogen-bond donors (Lipinski definition) is 1. The molecular weight excluding hydrogens is 520 g/mol. The van der Waals surface area contributed by atoms with Crippen LogP contribution >= 0.6 is 11.3 Å². The number of benzene rings is 2. The first-order valence-corrected chi connectivity index (χ1v) is 15.0. The van der Waals surface area contributed by atoms with Gasteiger partial charge in [-0.25, -0.2) is 4.98 Å². The third-order valence-electron chi connectivity index (χ3n) is 8.65. The van der Waals surface area contributed by atoms with Crippen LogP contribution in [-0.4, -0.2) is 62.1 Å². The Hall–Kier alpha value is -3.33. The molecule has 7 nitrogen and oxygen atoms in total. The number of hydrogen-bond acceptors (Lipinski definition) is 6. The van der Waals surface area contributed by atoms with Gasteiger partial charge in [-0.2, -0.15) is 0 Å². The summed E-state index contributed by atoms with van der Waals surface area (Å²) in [5.74, 6) is 0.217. The van der Waals surface area contributed by atoms with Gasteiger partial charge in [0.2, 0.25) is 5.91 Å². The molecule has 8 heteroatoms. The number of aryl methyl sites for hydroxylation is 1. The molecule has 2 fully saturated rings. The molecule has 2 saturated heterocycles. The number of rotatable bonds is 6. The van der Waals surface area contributed by atoms with E-state index in [1.807, 2.05) is 16.3 Å². The van der Waals surface area contributed by atoms with Gasteiger partial charge in [-0.15, -0.1) is 11.3 Å². The Morgan fingerprint density at radius 2 is 1.88 bits per heavy atom. The first-order valence-electron chi connectivity index (χ1n) is 14.2. The topological polar surface area (TPSA) is 78.7 Å². The van der Waals surface area contributed by atoms with E-state index in [2.05, 4.69) is 65.3 Å². The van der Waals surface area contributed by atoms with Crippen LogP contribution in [0.15, 0.2) is 77.2 Å². The van der Waals surface area contributed by atoms with Gasteiger partial charge in [0.15, 0.2) is 0 Å². The first-order chi connectivity index (χ1) is 19.4. The third kappa shape index (κ3) is 5.61. The van der Waals surface area contributed by atoms with Crippen LogP contribution in [0.3, 0.4) is 0 Å². The molecule has 0 spiro atoms. The van der Waals surface area contributed by atoms with Crippen LogP contribution < -0.4 is 5.56 Å². The van der Waals surface area contributed by atoms with Crippen molar-refractivity contribution in [1.29, 1.82) is 0 Å². The standard InChI is InChI=1S/C32H36N4O3S/c1-23-6-5-7-24(18-23)19-34-14-10-26(28(20-34)25-8-3-2-4-9-25)30(37)35-15-12-32(39,13-16-35)21-36-22-33-29-27(31(36)38)11-17-40-29/h2-9,11,17-18,22,26,28,39H,10,12-16,19-21H2,1H3/t26-,28+/m1/s1. The summed E-state index contributed by atoms with van der Waals surface area (Å²) in [6.07, 6.45) is 3.22. The summed E-state index contributed by atoms with van der Waals surface area (Å²) in [6, 6.07) is 20.9. The van der Waals surface area contributed by atoms with Crippen LogP contribution in [0.25, 0.3) is 10.2 Å². The Morgan fingerprint density at radius 1 is 1.07 bits per heavy atom. The maximum absolute atomic E-state index is 13.9. The van der Waals surface area contributed by atoms with Gasteiger partial charge in [-0.3, -0.25) is 19.1 Å². The minimum absolute atomic E-state index is 0.0878. The first kappa shape index (κ1) is 26.9. The zero-order valence-corrected chi connectivity index (χ0v) is 23.7. The van der Waals surface area contributed by atoms with E-state index < -0.39 is 5.60 Å². The van der Waals surface area contributed by atoms with Crippen molar-refractivity contribution in [3.05, 3.63) is 99.4 Å². The Morgan fingerprint density at radius 3 is 2.65 bits per heavy atom. The van der Waals surface area contributed by atoms with Crippen molar-refractivity contribution in [3.8, 4) is 0 Å². The second kappa shape index (κ2) is 11.3. The number of likely N-dealkylation sites (tertiary alicyclic amines) is 2. The van der Waals surface area contributed by atoms with E-state index in [0.29, 0.717) is 36.1 Å². The molecule has 208 valence electrons. The van der Waals surface area contributed by atoms with Crippen molar-refractivity contribution in [3.63, 3.8) is 0 Å². The minimum atomic E-state index is -1.04. The molecule has 0 aliphatic carbocycles. The molecule has 2 atom stereocenters. The zero-order chi connectivity index (χ0) is 27.7. The van der Waals surface area contributed by atoms with Crippen LogP contribution in [0.2, 0.25) is 0 Å². The highest BCUT2D eigenvalue weighted by Crippen LogP contribution is 2.36. The Bertz CT molecular complexity index is 1540. The van der Waals surface area contributed by atoms with Gasteiger partial charge in [0.05, 0.1) is 23.9 Å². The zero-order valence-electron chi connectivity index (χ0n) is 22.9. The molecule has 0 radical (unpaired) electrons. The molecule has 2 aromatic heterocycles. The van der Waals surface area contributed by atoms with Crippen LogP contribution in [0.5, 0.6) is 0 Å². The van der Waals surface area contributed by atoms with E-state index in [4.69, 9.17) is 0 Å². The number of thiophene rings is 1. The van der Waals surface area contributed by atoms with E-state index in [0.717, 1.165) is 26.1 Å². The second-order valence-electron chi connectivity index (χ2n) is 11.5. The minimum Gasteiger partial charge on any atom is -0.388 e. The van der Waals surface area contributed by atoms with Gasteiger partial charge in [-0.1, -0.05) is 60.2 Å². The summed E-state index contributed by atoms with van der Waals surface area (Å²) in [4.78, 5) is 36.3. The monoisotopic (exact) mass is 556 g/mol. The number of aliphatic hydroxyl groups is 1. The summed E-state index contributed by atoms with van der Waals surface area (Å²) in [5, 5.41) is 13.8. The van der Waals surface area contributed by atoms with Crippen molar-refractivity contribution in [2.24, 2.45) is 5.92 Å². The third-order valence-corrected chi connectivity index (χ3v) is 9.47. The summed E-state index contributed by atoms with van der Waals surface area (Å²) in [5.41, 5.74) is 2.61. The van der Waals surface area contributed by atoms with Crippen LogP contribution in [0.1, 0.15) is 41.9 Å². The molecule has 0 saturated carbocycles. The molecule has 2 aliphatic rings. The van der Waals surface area contributed by atoms with Gasteiger partial charge < -0.3 is 10.0 Å². The smallest absolute Gasteiger partial charge is 0.262 e. The molecule has 1 N–H and O–H groups in total. The number of carbonyl (C=O) groups excluding carboxylic acids is 1. The van der Waals surface area contributed by atoms with Gasteiger partial charge in [0.1, 0.15) is 4.83 Å². The van der Waals surface area contributed by atoms with E-state index in [-0.39, 0.29) is 29.8 Å². The Balaban J connectivity index is 1.13. The molecule has 0 unspecified atom stereocenters. The molecule has 4 heterocycles. The molecule has 6 rings (SSSR count). The average Bonchev–Trinajstić information content (AvgIpc) is 3.45. The molecule has 1 amide bonds. The van der Waals surface area contributed by atoms with Crippen molar-refractivity contribution >= 4 is 27.5 Å². The number of carbonyl (C=O) groups is 1. The largest absolute Gasteiger partial charge is 0.388 e. The number of piperidine rings is 2. The van der Waals surface area contributed by atoms with E-state index in [1.54, 1.807) is 6.07 Å². The Labute approximate surface area is 238 Å². The quantitative estimate of drug-likeness (QED) is 0.380. The van der Waals surface area contributed by atoms with Crippen molar-refractivity contribution < 1.29 is 9.90 Å². The molecule has 0 bridgehead atoms. The summed E-state index contributed by atoms with van der Waals surface area (Å²) in [6.45, 7) is 5.90. The van der Waals surface area contributed by atoms with Crippen molar-refractivity contribution in [1.82, 2.24) is 19.4 Å². The predicted molar refractivity (Wildman–Crippen MR) is 158 cm³/mol. The number of fused-ring (bicyclic) bond motifs is 1. The lowest BCUT2D eigenvalue weighted by Crippen LogP contribution is -2.53. The SMILES string of the molecule is Cc1cccc(CN2CC[C@@H](C(=O)N3CCC(O)(Cn4cnc5sccc5c4=O)CC3)[C@H](c3ccccc3)C2)c1. The molecular formula is C32H36N4O3S. The molecule has 4 aromatic rings. The van der Waals surface area contributed by atoms with Gasteiger partial charge in [0.25, 0.3) is 5.56 Å². The highest BCUT2D eigenvalue weighted by molar-refractivity contribution is 7.16. The summed E-state index contributed by atoms with van der Waals surface area (Å²) in [7, 11) is 0. The lowest BCUT2D eigenvalue weighted by atomic mass is 9.79. The molecule has 40 heavy (non-hydrogen) atoms. The van der Waals surface area contributed by atoms with Crippen LogP contribution in [0, 0.1) is 12.8 Å². The van der Waals surface area contributed by atoms with Gasteiger partial charge in [0, 0.05) is 38.0 Å². The lowest BCUT2D eigenvalue weighted by Gasteiger charge is -2.43. The molecule has 2 aliphatic heterocycles. The van der Waals surface area contributed by atoms with Crippen molar-refractivity contribution in [2.75, 3.05) is 26.2 Å². The maximum atomic E-state index is 13.9. The van der Waals surface area contributed by atoms with Gasteiger partial charge >= 0.3 is 0 Å². The fourth-order valence-corrected chi connectivity index (χ4v) is 7.15. The lowest BCUT2D eigenvalue weighted by molar-refractivity contribution is -0.142. The van der Waals surface area contributed by atoms with E-state index >= 15 is 0 Å². The van der Waals surface area contributed by atoms with E-state index in [1.165, 1.54) is 38.9 Å². The Kier molecular flexibility index (Phi) is 7.57. The number of aromatic nitrogens is 2. The fraction of sp³-hybridized carbons (Fsp3) is 0.406. The predicted octanol–water partition coefficient (Wildman–Crippen LogP) is 4.43. The van der Waals surface area contributed by atoms with Crippen LogP contribution in [0.4, 0.5) is 0 Å². The van der Waals surface area contributed by atoms with E-state index in [9.17, 15) is 14.7 Å². The highest BCUT2D eigenvalue weighted by atomic mass is 32.1. The number of nitrogens with zero attached hydrogens (tertiary/aromatic N) is 4. The number of amides is 1.